The zero-order chi connectivity index (χ0) is 18.5. The van der Waals surface area contributed by atoms with Gasteiger partial charge in [-0.25, -0.2) is 0 Å². The summed E-state index contributed by atoms with van der Waals surface area (Å²) in [5, 5.41) is 5.15. The SMILES string of the molecule is CC(C(=O)Nc1sccc1C(N)=O)N1CCN(CC2CCOCC2)CC1. The molecule has 3 rings (SSSR count). The number of nitrogens with one attached hydrogen (secondary N) is 1. The van der Waals surface area contributed by atoms with Crippen molar-refractivity contribution in [3.63, 3.8) is 0 Å². The monoisotopic (exact) mass is 380 g/mol. The maximum atomic E-state index is 12.6. The van der Waals surface area contributed by atoms with E-state index in [1.165, 1.54) is 11.3 Å². The van der Waals surface area contributed by atoms with E-state index in [1.54, 1.807) is 11.4 Å². The predicted molar refractivity (Wildman–Crippen MR) is 102 cm³/mol. The largest absolute Gasteiger partial charge is 0.381 e. The van der Waals surface area contributed by atoms with Crippen molar-refractivity contribution in [1.29, 1.82) is 0 Å². The van der Waals surface area contributed by atoms with Crippen LogP contribution in [-0.4, -0.2) is 73.6 Å². The summed E-state index contributed by atoms with van der Waals surface area (Å²) in [5.41, 5.74) is 5.71. The van der Waals surface area contributed by atoms with Crippen molar-refractivity contribution < 1.29 is 14.3 Å². The normalized spacial score (nSPS) is 21.4. The van der Waals surface area contributed by atoms with Crippen LogP contribution in [0, 0.1) is 5.92 Å². The van der Waals surface area contributed by atoms with Gasteiger partial charge in [-0.3, -0.25) is 14.5 Å². The lowest BCUT2D eigenvalue weighted by Gasteiger charge is -2.39. The number of rotatable bonds is 6. The summed E-state index contributed by atoms with van der Waals surface area (Å²) in [6.07, 6.45) is 2.31. The molecule has 2 amide bonds. The highest BCUT2D eigenvalue weighted by Gasteiger charge is 2.27. The lowest BCUT2D eigenvalue weighted by Crippen LogP contribution is -2.53. The van der Waals surface area contributed by atoms with Crippen molar-refractivity contribution in [2.45, 2.75) is 25.8 Å². The standard InChI is InChI=1S/C18H28N4O3S/c1-13(17(24)20-18-15(16(19)23)4-11-26-18)22-7-5-21(6-8-22)12-14-2-9-25-10-3-14/h4,11,13-14H,2-3,5-10,12H2,1H3,(H2,19,23)(H,20,24). The first-order valence-corrected chi connectivity index (χ1v) is 10.1. The molecule has 3 N–H and O–H groups in total. The molecule has 26 heavy (non-hydrogen) atoms. The van der Waals surface area contributed by atoms with E-state index in [9.17, 15) is 9.59 Å². The van der Waals surface area contributed by atoms with Crippen molar-refractivity contribution in [3.8, 4) is 0 Å². The molecular formula is C18H28N4O3S. The first kappa shape index (κ1) is 19.3. The van der Waals surface area contributed by atoms with Crippen LogP contribution in [-0.2, 0) is 9.53 Å². The fourth-order valence-electron chi connectivity index (χ4n) is 3.61. The van der Waals surface area contributed by atoms with E-state index < -0.39 is 5.91 Å². The maximum absolute atomic E-state index is 12.6. The smallest absolute Gasteiger partial charge is 0.251 e. The van der Waals surface area contributed by atoms with E-state index in [1.807, 2.05) is 6.92 Å². The molecule has 2 fully saturated rings. The van der Waals surface area contributed by atoms with Crippen LogP contribution in [0.3, 0.4) is 0 Å². The number of nitrogens with zero attached hydrogens (tertiary/aromatic N) is 2. The van der Waals surface area contributed by atoms with Gasteiger partial charge in [0.25, 0.3) is 5.91 Å². The van der Waals surface area contributed by atoms with Crippen LogP contribution < -0.4 is 11.1 Å². The van der Waals surface area contributed by atoms with Gasteiger partial charge in [-0.05, 0) is 37.1 Å². The van der Waals surface area contributed by atoms with Crippen LogP contribution >= 0.6 is 11.3 Å². The molecule has 1 aromatic rings. The zero-order valence-corrected chi connectivity index (χ0v) is 16.1. The summed E-state index contributed by atoms with van der Waals surface area (Å²) in [4.78, 5) is 28.6. The van der Waals surface area contributed by atoms with Crippen molar-refractivity contribution >= 4 is 28.2 Å². The molecule has 0 aliphatic carbocycles. The highest BCUT2D eigenvalue weighted by Crippen LogP contribution is 2.23. The van der Waals surface area contributed by atoms with Crippen molar-refractivity contribution in [2.24, 2.45) is 11.7 Å². The number of primary amides is 1. The molecule has 1 aromatic heterocycles. The maximum Gasteiger partial charge on any atom is 0.251 e. The Morgan fingerprint density at radius 2 is 2.00 bits per heavy atom. The fourth-order valence-corrected chi connectivity index (χ4v) is 4.40. The summed E-state index contributed by atoms with van der Waals surface area (Å²) < 4.78 is 5.43. The van der Waals surface area contributed by atoms with Gasteiger partial charge in [-0.2, -0.15) is 0 Å². The molecule has 8 heteroatoms. The number of carbonyl (C=O) groups is 2. The topological polar surface area (TPSA) is 87.9 Å². The molecule has 3 heterocycles. The number of nitrogens with two attached hydrogens (primary N) is 1. The molecule has 0 bridgehead atoms. The van der Waals surface area contributed by atoms with Crippen molar-refractivity contribution in [3.05, 3.63) is 17.0 Å². The van der Waals surface area contributed by atoms with Gasteiger partial charge >= 0.3 is 0 Å². The summed E-state index contributed by atoms with van der Waals surface area (Å²) >= 11 is 1.32. The molecule has 0 radical (unpaired) electrons. The molecule has 144 valence electrons. The Morgan fingerprint density at radius 3 is 2.65 bits per heavy atom. The Labute approximate surface area is 158 Å². The van der Waals surface area contributed by atoms with E-state index in [0.29, 0.717) is 10.6 Å². The molecule has 1 unspecified atom stereocenters. The van der Waals surface area contributed by atoms with Crippen molar-refractivity contribution in [1.82, 2.24) is 9.80 Å². The van der Waals surface area contributed by atoms with E-state index in [2.05, 4.69) is 15.1 Å². The van der Waals surface area contributed by atoms with Crippen molar-refractivity contribution in [2.75, 3.05) is 51.3 Å². The molecular weight excluding hydrogens is 352 g/mol. The predicted octanol–water partition coefficient (Wildman–Crippen LogP) is 1.22. The minimum atomic E-state index is -0.518. The third-order valence-corrected chi connectivity index (χ3v) is 6.19. The summed E-state index contributed by atoms with van der Waals surface area (Å²) in [6, 6.07) is 1.41. The zero-order valence-electron chi connectivity index (χ0n) is 15.3. The number of amides is 2. The Balaban J connectivity index is 1.46. The average molecular weight is 381 g/mol. The highest BCUT2D eigenvalue weighted by molar-refractivity contribution is 7.14. The van der Waals surface area contributed by atoms with Crippen LogP contribution in [0.1, 0.15) is 30.1 Å². The summed E-state index contributed by atoms with van der Waals surface area (Å²) in [7, 11) is 0. The van der Waals surface area contributed by atoms with E-state index in [0.717, 1.165) is 64.7 Å². The number of thiophene rings is 1. The highest BCUT2D eigenvalue weighted by atomic mass is 32.1. The summed E-state index contributed by atoms with van der Waals surface area (Å²) in [6.45, 7) is 8.56. The molecule has 0 saturated carbocycles. The van der Waals surface area contributed by atoms with Crippen LogP contribution in [0.5, 0.6) is 0 Å². The van der Waals surface area contributed by atoms with Gasteiger partial charge in [0.15, 0.2) is 0 Å². The first-order chi connectivity index (χ1) is 12.5. The number of anilines is 1. The number of piperazine rings is 1. The van der Waals surface area contributed by atoms with Gasteiger partial charge in [0.05, 0.1) is 11.6 Å². The van der Waals surface area contributed by atoms with Gasteiger partial charge in [0, 0.05) is 45.9 Å². The van der Waals surface area contributed by atoms with E-state index in [4.69, 9.17) is 10.5 Å². The molecule has 2 saturated heterocycles. The van der Waals surface area contributed by atoms with Gasteiger partial charge < -0.3 is 20.7 Å². The van der Waals surface area contributed by atoms with E-state index in [-0.39, 0.29) is 11.9 Å². The number of ether oxygens (including phenoxy) is 1. The second-order valence-electron chi connectivity index (χ2n) is 7.09. The summed E-state index contributed by atoms with van der Waals surface area (Å²) in [5.74, 6) is 0.130. The fraction of sp³-hybridized carbons (Fsp3) is 0.667. The second kappa shape index (κ2) is 8.94. The minimum absolute atomic E-state index is 0.0900. The lowest BCUT2D eigenvalue weighted by atomic mass is 9.99. The first-order valence-electron chi connectivity index (χ1n) is 9.27. The molecule has 7 nitrogen and oxygen atoms in total. The minimum Gasteiger partial charge on any atom is -0.381 e. The quantitative estimate of drug-likeness (QED) is 0.775. The lowest BCUT2D eigenvalue weighted by molar-refractivity contribution is -0.121. The van der Waals surface area contributed by atoms with Crippen LogP contribution in [0.25, 0.3) is 0 Å². The number of carbonyl (C=O) groups excluding carboxylic acids is 2. The average Bonchev–Trinajstić information content (AvgIpc) is 3.11. The van der Waals surface area contributed by atoms with Crippen LogP contribution in [0.15, 0.2) is 11.4 Å². The number of hydrogen-bond donors (Lipinski definition) is 2. The second-order valence-corrected chi connectivity index (χ2v) is 8.00. The van der Waals surface area contributed by atoms with Gasteiger partial charge in [-0.15, -0.1) is 11.3 Å². The third kappa shape index (κ3) is 4.82. The Hall–Kier alpha value is -1.48. The third-order valence-electron chi connectivity index (χ3n) is 5.36. The van der Waals surface area contributed by atoms with Gasteiger partial charge in [0.1, 0.15) is 5.00 Å². The Kier molecular flexibility index (Phi) is 6.63. The molecule has 2 aliphatic heterocycles. The molecule has 0 aromatic carbocycles. The molecule has 2 aliphatic rings. The molecule has 1 atom stereocenters. The van der Waals surface area contributed by atoms with Gasteiger partial charge in [0.2, 0.25) is 5.91 Å². The Bertz CT molecular complexity index is 622. The van der Waals surface area contributed by atoms with Crippen LogP contribution in [0.4, 0.5) is 5.00 Å². The Morgan fingerprint density at radius 1 is 1.31 bits per heavy atom. The molecule has 0 spiro atoms. The number of hydrogen-bond acceptors (Lipinski definition) is 6. The van der Waals surface area contributed by atoms with E-state index >= 15 is 0 Å². The van der Waals surface area contributed by atoms with Crippen LogP contribution in [0.2, 0.25) is 0 Å². The van der Waals surface area contributed by atoms with Gasteiger partial charge in [-0.1, -0.05) is 0 Å².